The van der Waals surface area contributed by atoms with Gasteiger partial charge >= 0.3 is 6.03 Å². The second-order valence-corrected chi connectivity index (χ2v) is 6.83. The highest BCUT2D eigenvalue weighted by atomic mass is 16.5. The first-order valence-corrected chi connectivity index (χ1v) is 7.77. The van der Waals surface area contributed by atoms with Gasteiger partial charge in [-0.3, -0.25) is 0 Å². The predicted octanol–water partition coefficient (Wildman–Crippen LogP) is 2.94. The molecule has 2 aliphatic rings. The number of carbonyl (C=O) groups is 1. The Labute approximate surface area is 131 Å². The molecule has 0 spiro atoms. The average molecular weight is 304 g/mol. The zero-order chi connectivity index (χ0) is 15.9. The van der Waals surface area contributed by atoms with Gasteiger partial charge in [-0.05, 0) is 37.1 Å². The molecule has 0 radical (unpaired) electrons. The maximum Gasteiger partial charge on any atom is 0.319 e. The third-order valence-electron chi connectivity index (χ3n) is 5.04. The minimum atomic E-state index is -0.159. The molecule has 2 fully saturated rings. The summed E-state index contributed by atoms with van der Waals surface area (Å²) in [6, 6.07) is 5.62. The molecule has 3 unspecified atom stereocenters. The number of ether oxygens (including phenoxy) is 2. The topological polar surface area (TPSA) is 59.6 Å². The van der Waals surface area contributed by atoms with Crippen LogP contribution in [0.25, 0.3) is 0 Å². The van der Waals surface area contributed by atoms with Crippen LogP contribution in [0.5, 0.6) is 5.75 Å². The fraction of sp³-hybridized carbons (Fsp3) is 0.588. The molecule has 1 saturated carbocycles. The van der Waals surface area contributed by atoms with E-state index in [0.29, 0.717) is 5.92 Å². The van der Waals surface area contributed by atoms with Gasteiger partial charge in [0.25, 0.3) is 0 Å². The summed E-state index contributed by atoms with van der Waals surface area (Å²) < 4.78 is 11.0. The Kier molecular flexibility index (Phi) is 3.77. The molecule has 1 aliphatic heterocycles. The van der Waals surface area contributed by atoms with E-state index < -0.39 is 0 Å². The van der Waals surface area contributed by atoms with Crippen molar-refractivity contribution in [1.82, 2.24) is 5.32 Å². The molecule has 1 heterocycles. The van der Waals surface area contributed by atoms with Gasteiger partial charge in [-0.1, -0.05) is 13.8 Å². The predicted molar refractivity (Wildman–Crippen MR) is 85.3 cm³/mol. The number of hydrogen-bond acceptors (Lipinski definition) is 3. The maximum atomic E-state index is 12.3. The van der Waals surface area contributed by atoms with E-state index >= 15 is 0 Å². The van der Waals surface area contributed by atoms with E-state index in [1.807, 2.05) is 25.1 Å². The van der Waals surface area contributed by atoms with Crippen LogP contribution in [0.4, 0.5) is 10.5 Å². The zero-order valence-electron chi connectivity index (χ0n) is 13.6. The van der Waals surface area contributed by atoms with Crippen LogP contribution in [0, 0.1) is 18.3 Å². The van der Waals surface area contributed by atoms with Crippen LogP contribution in [0.2, 0.25) is 0 Å². The van der Waals surface area contributed by atoms with Gasteiger partial charge in [-0.25, -0.2) is 4.79 Å². The van der Waals surface area contributed by atoms with E-state index in [1.54, 1.807) is 7.11 Å². The fourth-order valence-corrected chi connectivity index (χ4v) is 3.88. The Hall–Kier alpha value is -1.75. The monoisotopic (exact) mass is 304 g/mol. The molecular formula is C17H24N2O3. The summed E-state index contributed by atoms with van der Waals surface area (Å²) in [6.07, 6.45) is 1.31. The third-order valence-corrected chi connectivity index (χ3v) is 5.04. The standard InChI is InChI=1S/C17H24N2O3/c1-10-9-11(5-6-13(10)21-4)18-16(20)19-14-12-7-8-22-15(12)17(14,2)3/h5-6,9,12,14-15H,7-8H2,1-4H3,(H2,18,19,20). The van der Waals surface area contributed by atoms with Crippen molar-refractivity contribution in [2.45, 2.75) is 39.3 Å². The number of fused-ring (bicyclic) bond motifs is 1. The number of hydrogen-bond donors (Lipinski definition) is 2. The number of rotatable bonds is 3. The van der Waals surface area contributed by atoms with Crippen LogP contribution < -0.4 is 15.4 Å². The van der Waals surface area contributed by atoms with Crippen LogP contribution in [-0.4, -0.2) is 31.9 Å². The number of anilines is 1. The van der Waals surface area contributed by atoms with Gasteiger partial charge in [0.2, 0.25) is 0 Å². The van der Waals surface area contributed by atoms with E-state index in [9.17, 15) is 4.79 Å². The normalized spacial score (nSPS) is 28.5. The lowest BCUT2D eigenvalue weighted by atomic mass is 9.57. The minimum Gasteiger partial charge on any atom is -0.496 e. The summed E-state index contributed by atoms with van der Waals surface area (Å²) in [5, 5.41) is 6.02. The minimum absolute atomic E-state index is 0.00562. The first-order chi connectivity index (χ1) is 10.4. The van der Waals surface area contributed by atoms with E-state index in [1.165, 1.54) is 0 Å². The van der Waals surface area contributed by atoms with E-state index in [4.69, 9.17) is 9.47 Å². The number of benzene rings is 1. The Bertz CT molecular complexity index is 585. The third kappa shape index (κ3) is 2.43. The first-order valence-electron chi connectivity index (χ1n) is 7.77. The van der Waals surface area contributed by atoms with Crippen molar-refractivity contribution >= 4 is 11.7 Å². The highest BCUT2D eigenvalue weighted by Crippen LogP contribution is 2.52. The van der Waals surface area contributed by atoms with E-state index in [2.05, 4.69) is 24.5 Å². The van der Waals surface area contributed by atoms with E-state index in [-0.39, 0.29) is 23.6 Å². The molecule has 2 N–H and O–H groups in total. The number of urea groups is 1. The van der Waals surface area contributed by atoms with Gasteiger partial charge in [0.05, 0.1) is 13.2 Å². The fourth-order valence-electron chi connectivity index (χ4n) is 3.88. The number of carbonyl (C=O) groups excluding carboxylic acids is 1. The number of nitrogens with one attached hydrogen (secondary N) is 2. The van der Waals surface area contributed by atoms with Crippen LogP contribution in [0.15, 0.2) is 18.2 Å². The largest absolute Gasteiger partial charge is 0.496 e. The Morgan fingerprint density at radius 2 is 2.18 bits per heavy atom. The van der Waals surface area contributed by atoms with E-state index in [0.717, 1.165) is 30.0 Å². The lowest BCUT2D eigenvalue weighted by Crippen LogP contribution is -2.67. The molecule has 2 amide bonds. The zero-order valence-corrected chi connectivity index (χ0v) is 13.6. The molecule has 0 bridgehead atoms. The Morgan fingerprint density at radius 3 is 2.86 bits per heavy atom. The molecule has 120 valence electrons. The summed E-state index contributed by atoms with van der Waals surface area (Å²) >= 11 is 0. The smallest absolute Gasteiger partial charge is 0.319 e. The van der Waals surface area contributed by atoms with Crippen LogP contribution in [0.3, 0.4) is 0 Å². The van der Waals surface area contributed by atoms with Crippen LogP contribution in [0.1, 0.15) is 25.8 Å². The van der Waals surface area contributed by atoms with Crippen LogP contribution in [-0.2, 0) is 4.74 Å². The Balaban J connectivity index is 1.62. The number of aryl methyl sites for hydroxylation is 1. The molecule has 1 aromatic rings. The molecule has 1 aliphatic carbocycles. The number of amides is 2. The number of methoxy groups -OCH3 is 1. The summed E-state index contributed by atoms with van der Waals surface area (Å²) in [5.74, 6) is 1.26. The summed E-state index contributed by atoms with van der Waals surface area (Å²) in [6.45, 7) is 7.07. The van der Waals surface area contributed by atoms with Gasteiger partial charge in [-0.2, -0.15) is 0 Å². The molecule has 5 nitrogen and oxygen atoms in total. The highest BCUT2D eigenvalue weighted by Gasteiger charge is 2.59. The molecule has 22 heavy (non-hydrogen) atoms. The first kappa shape index (κ1) is 15.2. The molecule has 0 aromatic heterocycles. The van der Waals surface area contributed by atoms with Gasteiger partial charge < -0.3 is 20.1 Å². The van der Waals surface area contributed by atoms with Crippen molar-refractivity contribution in [3.63, 3.8) is 0 Å². The summed E-state index contributed by atoms with van der Waals surface area (Å²) in [7, 11) is 1.64. The van der Waals surface area contributed by atoms with Gasteiger partial charge in [0.15, 0.2) is 0 Å². The lowest BCUT2D eigenvalue weighted by Gasteiger charge is -2.54. The summed E-state index contributed by atoms with van der Waals surface area (Å²) in [5.41, 5.74) is 1.76. The van der Waals surface area contributed by atoms with Gasteiger partial charge in [-0.15, -0.1) is 0 Å². The van der Waals surface area contributed by atoms with Crippen LogP contribution >= 0.6 is 0 Å². The second-order valence-electron chi connectivity index (χ2n) is 6.83. The molecule has 3 atom stereocenters. The SMILES string of the molecule is COc1ccc(NC(=O)NC2C3CCOC3C2(C)C)cc1C. The Morgan fingerprint density at radius 1 is 1.41 bits per heavy atom. The molecule has 5 heteroatoms. The van der Waals surface area contributed by atoms with Crippen molar-refractivity contribution < 1.29 is 14.3 Å². The van der Waals surface area contributed by atoms with Gasteiger partial charge in [0.1, 0.15) is 5.75 Å². The quantitative estimate of drug-likeness (QED) is 0.902. The molecule has 1 aromatic carbocycles. The van der Waals surface area contributed by atoms with Gasteiger partial charge in [0, 0.05) is 29.7 Å². The van der Waals surface area contributed by atoms with Crippen molar-refractivity contribution in [2.75, 3.05) is 19.0 Å². The van der Waals surface area contributed by atoms with Crippen molar-refractivity contribution in [3.05, 3.63) is 23.8 Å². The molecular weight excluding hydrogens is 280 g/mol. The average Bonchev–Trinajstić information content (AvgIpc) is 2.92. The highest BCUT2D eigenvalue weighted by molar-refractivity contribution is 5.89. The lowest BCUT2D eigenvalue weighted by molar-refractivity contribution is -0.107. The van der Waals surface area contributed by atoms with Crippen molar-refractivity contribution in [2.24, 2.45) is 11.3 Å². The second kappa shape index (κ2) is 5.47. The van der Waals surface area contributed by atoms with Crippen molar-refractivity contribution in [1.29, 1.82) is 0 Å². The molecule has 3 rings (SSSR count). The molecule has 1 saturated heterocycles. The maximum absolute atomic E-state index is 12.3. The van der Waals surface area contributed by atoms with Crippen molar-refractivity contribution in [3.8, 4) is 5.75 Å². The summed E-state index contributed by atoms with van der Waals surface area (Å²) in [4.78, 5) is 12.3.